The molecule has 210 valence electrons. The summed E-state index contributed by atoms with van der Waals surface area (Å²) in [5.74, 6) is -0.210. The number of hydrogen-bond donors (Lipinski definition) is 2. The van der Waals surface area contributed by atoms with Crippen molar-refractivity contribution in [1.29, 1.82) is 0 Å². The quantitative estimate of drug-likeness (QED) is 0.181. The Balaban J connectivity index is 2.56. The lowest BCUT2D eigenvalue weighted by molar-refractivity contribution is -0.138. The minimum Gasteiger partial charge on any atom is -0.354 e. The zero-order valence-electron chi connectivity index (χ0n) is 21.0. The number of rotatable bonds is 10. The van der Waals surface area contributed by atoms with E-state index >= 15 is 0 Å². The minimum absolute atomic E-state index is 0.00136. The van der Waals surface area contributed by atoms with Crippen LogP contribution in [-0.2, 0) is 31.3 Å². The van der Waals surface area contributed by atoms with Crippen molar-refractivity contribution in [2.75, 3.05) is 52.2 Å². The molecule has 0 saturated heterocycles. The highest BCUT2D eigenvalue weighted by Crippen LogP contribution is 2.32. The van der Waals surface area contributed by atoms with Gasteiger partial charge >= 0.3 is 12.4 Å². The maximum Gasteiger partial charge on any atom is 0.416 e. The molecule has 0 amide bonds. The van der Waals surface area contributed by atoms with Crippen LogP contribution in [0.2, 0.25) is 0 Å². The van der Waals surface area contributed by atoms with Gasteiger partial charge < -0.3 is 29.6 Å². The minimum atomic E-state index is -4.61. The maximum atomic E-state index is 13.3. The molecular weight excluding hydrogens is 522 g/mol. The van der Waals surface area contributed by atoms with Crippen LogP contribution in [0.1, 0.15) is 11.1 Å². The third-order valence-electron chi connectivity index (χ3n) is 4.98. The first-order valence-corrected chi connectivity index (χ1v) is 11.0. The van der Waals surface area contributed by atoms with Crippen molar-refractivity contribution in [3.63, 3.8) is 0 Å². The molecule has 0 aliphatic rings. The van der Waals surface area contributed by atoms with E-state index < -0.39 is 36.1 Å². The Bertz CT molecular complexity index is 999. The molecule has 0 bridgehead atoms. The van der Waals surface area contributed by atoms with Crippen molar-refractivity contribution >= 4 is 23.0 Å². The van der Waals surface area contributed by atoms with Crippen LogP contribution in [0.25, 0.3) is 0 Å². The summed E-state index contributed by atoms with van der Waals surface area (Å²) in [5, 5.41) is 5.52. The summed E-state index contributed by atoms with van der Waals surface area (Å²) in [4.78, 5) is 8.65. The van der Waals surface area contributed by atoms with E-state index in [-0.39, 0.29) is 36.1 Å². The number of anilines is 2. The molecule has 0 aliphatic heterocycles. The molecule has 0 radical (unpaired) electrons. The zero-order chi connectivity index (χ0) is 28.3. The van der Waals surface area contributed by atoms with Gasteiger partial charge in [-0.3, -0.25) is 9.98 Å². The van der Waals surface area contributed by atoms with Crippen molar-refractivity contribution in [1.82, 2.24) is 0 Å². The normalized spacial score (nSPS) is 13.4. The van der Waals surface area contributed by atoms with Crippen LogP contribution in [0.5, 0.6) is 0 Å². The highest BCUT2D eigenvalue weighted by Gasteiger charge is 2.31. The van der Waals surface area contributed by atoms with Gasteiger partial charge in [-0.1, -0.05) is 12.1 Å². The van der Waals surface area contributed by atoms with Crippen LogP contribution in [0.3, 0.4) is 0 Å². The molecule has 0 unspecified atom stereocenters. The monoisotopic (exact) mass is 550 g/mol. The molecule has 8 nitrogen and oxygen atoms in total. The molecular formula is C24H28F6N4O4. The molecule has 14 heteroatoms. The number of aliphatic imine (C=N–C) groups is 2. The Hall–Kier alpha value is -3.20. The molecule has 0 saturated carbocycles. The van der Waals surface area contributed by atoms with Crippen molar-refractivity contribution in [3.8, 4) is 0 Å². The van der Waals surface area contributed by atoms with Gasteiger partial charge in [0.05, 0.1) is 24.2 Å². The van der Waals surface area contributed by atoms with E-state index in [0.29, 0.717) is 0 Å². The fourth-order valence-electron chi connectivity index (χ4n) is 2.99. The van der Waals surface area contributed by atoms with Gasteiger partial charge in [0.1, 0.15) is 0 Å². The number of amidine groups is 2. The molecule has 0 fully saturated rings. The summed E-state index contributed by atoms with van der Waals surface area (Å²) in [5.41, 5.74) is -1.84. The number of benzene rings is 2. The topological polar surface area (TPSA) is 85.7 Å². The smallest absolute Gasteiger partial charge is 0.354 e. The average molecular weight is 551 g/mol. The molecule has 0 aromatic heterocycles. The summed E-state index contributed by atoms with van der Waals surface area (Å²) >= 11 is 0. The number of halogens is 6. The van der Waals surface area contributed by atoms with E-state index in [9.17, 15) is 26.3 Å². The van der Waals surface area contributed by atoms with Gasteiger partial charge in [0.25, 0.3) is 0 Å². The average Bonchev–Trinajstić information content (AvgIpc) is 2.88. The predicted octanol–water partition coefficient (Wildman–Crippen LogP) is 5.28. The molecule has 0 atom stereocenters. The second kappa shape index (κ2) is 14.1. The first-order chi connectivity index (χ1) is 17.9. The molecule has 2 N–H and O–H groups in total. The SMILES string of the molecule is COC(CN=C(Nc1cccc(C(F)(F)F)c1)C(=NCC(OC)OC)Nc1cccc(C(F)(F)F)c1)OC. The van der Waals surface area contributed by atoms with E-state index in [1.807, 2.05) is 0 Å². The lowest BCUT2D eigenvalue weighted by Gasteiger charge is -2.19. The van der Waals surface area contributed by atoms with Gasteiger partial charge in [-0.05, 0) is 36.4 Å². The number of hydrogen-bond acceptors (Lipinski definition) is 6. The van der Waals surface area contributed by atoms with E-state index in [1.165, 1.54) is 52.7 Å². The zero-order valence-corrected chi connectivity index (χ0v) is 21.0. The molecule has 2 aromatic rings. The second-order valence-electron chi connectivity index (χ2n) is 7.59. The van der Waals surface area contributed by atoms with Gasteiger partial charge in [-0.15, -0.1) is 0 Å². The fraction of sp³-hybridized carbons (Fsp3) is 0.417. The highest BCUT2D eigenvalue weighted by atomic mass is 19.4. The van der Waals surface area contributed by atoms with Crippen LogP contribution < -0.4 is 10.6 Å². The Morgan fingerprint density at radius 3 is 1.29 bits per heavy atom. The summed E-state index contributed by atoms with van der Waals surface area (Å²) in [7, 11) is 5.45. The summed E-state index contributed by atoms with van der Waals surface area (Å²) in [6.07, 6.45) is -10.9. The van der Waals surface area contributed by atoms with E-state index in [2.05, 4.69) is 20.6 Å². The summed E-state index contributed by atoms with van der Waals surface area (Å²) in [6.45, 7) is -0.259. The molecule has 2 aromatic carbocycles. The predicted molar refractivity (Wildman–Crippen MR) is 130 cm³/mol. The molecule has 0 spiro atoms. The van der Waals surface area contributed by atoms with Crippen molar-refractivity contribution in [2.24, 2.45) is 9.98 Å². The Kier molecular flexibility index (Phi) is 11.5. The number of alkyl halides is 6. The second-order valence-corrected chi connectivity index (χ2v) is 7.59. The highest BCUT2D eigenvalue weighted by molar-refractivity contribution is 6.48. The van der Waals surface area contributed by atoms with Gasteiger partial charge in [0, 0.05) is 39.8 Å². The first-order valence-electron chi connectivity index (χ1n) is 11.0. The van der Waals surface area contributed by atoms with Crippen LogP contribution in [0.15, 0.2) is 58.5 Å². The van der Waals surface area contributed by atoms with Gasteiger partial charge in [0.15, 0.2) is 24.3 Å². The molecule has 0 heterocycles. The van der Waals surface area contributed by atoms with Crippen LogP contribution in [0, 0.1) is 0 Å². The Labute approximate surface area is 215 Å². The van der Waals surface area contributed by atoms with E-state index in [0.717, 1.165) is 24.3 Å². The lowest BCUT2D eigenvalue weighted by Crippen LogP contribution is -2.33. The number of ether oxygens (including phenoxy) is 4. The first kappa shape index (κ1) is 31.0. The number of nitrogens with one attached hydrogen (secondary N) is 2. The number of methoxy groups -OCH3 is 4. The molecule has 38 heavy (non-hydrogen) atoms. The summed E-state index contributed by atoms with van der Waals surface area (Å²) in [6, 6.07) is 8.62. The fourth-order valence-corrected chi connectivity index (χ4v) is 2.99. The maximum absolute atomic E-state index is 13.3. The van der Waals surface area contributed by atoms with Crippen LogP contribution in [0.4, 0.5) is 37.7 Å². The largest absolute Gasteiger partial charge is 0.416 e. The van der Waals surface area contributed by atoms with Crippen LogP contribution >= 0.6 is 0 Å². The Morgan fingerprint density at radius 2 is 1.00 bits per heavy atom. The van der Waals surface area contributed by atoms with E-state index in [4.69, 9.17) is 18.9 Å². The summed E-state index contributed by atoms with van der Waals surface area (Å²) < 4.78 is 100. The van der Waals surface area contributed by atoms with Crippen molar-refractivity contribution in [2.45, 2.75) is 24.9 Å². The van der Waals surface area contributed by atoms with Gasteiger partial charge in [-0.25, -0.2) is 0 Å². The van der Waals surface area contributed by atoms with E-state index in [1.54, 1.807) is 0 Å². The third kappa shape index (κ3) is 9.59. The Morgan fingerprint density at radius 1 is 0.658 bits per heavy atom. The number of nitrogens with zero attached hydrogens (tertiary/aromatic N) is 2. The van der Waals surface area contributed by atoms with Crippen LogP contribution in [-0.4, -0.2) is 65.8 Å². The van der Waals surface area contributed by atoms with Crippen molar-refractivity contribution in [3.05, 3.63) is 59.7 Å². The lowest BCUT2D eigenvalue weighted by atomic mass is 10.2. The standard InChI is InChI=1S/C24H28F6N4O4/c1-35-19(36-2)13-31-21(33-17-9-5-7-15(11-17)23(25,26)27)22(32-14-20(37-3)38-4)34-18-10-6-8-16(12-18)24(28,29)30/h5-12,19-20H,13-14H2,1-4H3,(H,31,33)(H,32,34). The molecule has 2 rings (SSSR count). The van der Waals surface area contributed by atoms with Gasteiger partial charge in [0.2, 0.25) is 0 Å². The van der Waals surface area contributed by atoms with Crippen molar-refractivity contribution < 1.29 is 45.3 Å². The third-order valence-corrected chi connectivity index (χ3v) is 4.98. The van der Waals surface area contributed by atoms with Gasteiger partial charge in [-0.2, -0.15) is 26.3 Å². The molecule has 0 aliphatic carbocycles.